The molecule has 0 radical (unpaired) electrons. The topological polar surface area (TPSA) is 80.2 Å². The number of pyridine rings is 1. The highest BCUT2D eigenvalue weighted by atomic mass is 35.5. The summed E-state index contributed by atoms with van der Waals surface area (Å²) in [6.07, 6.45) is 5.05. The Hall–Kier alpha value is -1.98. The van der Waals surface area contributed by atoms with Crippen LogP contribution in [0, 0.1) is 11.8 Å². The van der Waals surface area contributed by atoms with Crippen LogP contribution >= 0.6 is 30.1 Å². The first-order chi connectivity index (χ1) is 18.2. The van der Waals surface area contributed by atoms with Crippen molar-refractivity contribution in [2.24, 2.45) is 11.8 Å². The van der Waals surface area contributed by atoms with Gasteiger partial charge in [-0.15, -0.1) is 0 Å². The summed E-state index contributed by atoms with van der Waals surface area (Å²) in [7, 11) is 5.02. The molecule has 200 valence electrons. The lowest BCUT2D eigenvalue weighted by Crippen LogP contribution is -2.40. The number of fused-ring (bicyclic) bond motifs is 4. The molecule has 2 aliphatic heterocycles. The van der Waals surface area contributed by atoms with E-state index < -0.39 is 5.91 Å². The van der Waals surface area contributed by atoms with Crippen LogP contribution in [-0.4, -0.2) is 51.3 Å². The highest BCUT2D eigenvalue weighted by Gasteiger charge is 2.38. The van der Waals surface area contributed by atoms with Crippen LogP contribution in [0.5, 0.6) is 11.8 Å². The van der Waals surface area contributed by atoms with Crippen molar-refractivity contribution in [3.63, 3.8) is 0 Å². The second-order valence-electron chi connectivity index (χ2n) is 10.7. The summed E-state index contributed by atoms with van der Waals surface area (Å²) in [6.45, 7) is 6.60. The maximum atomic E-state index is 13.7. The second-order valence-corrected chi connectivity index (χ2v) is 12.3. The van der Waals surface area contributed by atoms with Crippen LogP contribution in [-0.2, 0) is 24.2 Å². The average molecular weight is 574 g/mol. The molecule has 2 aromatic heterocycles. The van der Waals surface area contributed by atoms with E-state index in [0.717, 1.165) is 58.1 Å². The number of amides is 1. The minimum Gasteiger partial charge on any atom is -0.419 e. The fourth-order valence-corrected chi connectivity index (χ4v) is 7.48. The van der Waals surface area contributed by atoms with Crippen molar-refractivity contribution in [1.29, 1.82) is 0 Å². The summed E-state index contributed by atoms with van der Waals surface area (Å²) >= 11 is 6.27. The molecule has 0 fully saturated rings. The fourth-order valence-electron chi connectivity index (χ4n) is 6.51. The molecule has 4 aliphatic rings. The zero-order valence-corrected chi connectivity index (χ0v) is 24.5. The number of halogens is 2. The molecular formula is C27H31ClFN5O2P2. The molecule has 38 heavy (non-hydrogen) atoms. The number of rotatable bonds is 4. The molecule has 1 amide bonds. The van der Waals surface area contributed by atoms with Gasteiger partial charge in [0.2, 0.25) is 17.0 Å². The summed E-state index contributed by atoms with van der Waals surface area (Å²) < 4.78 is 20.0. The van der Waals surface area contributed by atoms with E-state index in [0.29, 0.717) is 50.3 Å². The Morgan fingerprint density at radius 3 is 2.82 bits per heavy atom. The molecule has 7 nitrogen and oxygen atoms in total. The van der Waals surface area contributed by atoms with Gasteiger partial charge in [-0.05, 0) is 70.5 Å². The zero-order valence-electron chi connectivity index (χ0n) is 21.5. The number of hydrogen-bond acceptors (Lipinski definition) is 6. The smallest absolute Gasteiger partial charge is 0.251 e. The molecule has 0 saturated carbocycles. The SMILES string of the molecule is CC1CNC(=O)C2=C1C(C)CC1=C2CCc2cnc(Oc3nc(Cl)nc4c3CN(CC(F)P)CC4)c(P)c21. The van der Waals surface area contributed by atoms with E-state index in [9.17, 15) is 9.18 Å². The van der Waals surface area contributed by atoms with Crippen molar-refractivity contribution >= 4 is 46.9 Å². The number of ether oxygens (including phenoxy) is 1. The van der Waals surface area contributed by atoms with Crippen molar-refractivity contribution in [3.8, 4) is 11.8 Å². The zero-order chi connectivity index (χ0) is 26.7. The monoisotopic (exact) mass is 573 g/mol. The normalized spacial score (nSPS) is 23.8. The summed E-state index contributed by atoms with van der Waals surface area (Å²) in [5.74, 6) is 0.441. The van der Waals surface area contributed by atoms with Crippen molar-refractivity contribution in [1.82, 2.24) is 25.2 Å². The molecular weight excluding hydrogens is 543 g/mol. The van der Waals surface area contributed by atoms with Gasteiger partial charge < -0.3 is 10.1 Å². The number of carbonyl (C=O) groups is 1. The summed E-state index contributed by atoms with van der Waals surface area (Å²) in [5, 5.41) is 4.05. The Morgan fingerprint density at radius 1 is 1.21 bits per heavy atom. The van der Waals surface area contributed by atoms with E-state index in [1.54, 1.807) is 0 Å². The number of nitrogens with zero attached hydrogens (tertiary/aromatic N) is 4. The molecule has 4 heterocycles. The maximum Gasteiger partial charge on any atom is 0.251 e. The number of aromatic nitrogens is 3. The quantitative estimate of drug-likeness (QED) is 0.437. The molecule has 11 heteroatoms. The van der Waals surface area contributed by atoms with Gasteiger partial charge in [0.1, 0.15) is 5.91 Å². The van der Waals surface area contributed by atoms with E-state index in [2.05, 4.69) is 52.6 Å². The van der Waals surface area contributed by atoms with Gasteiger partial charge in [-0.3, -0.25) is 9.69 Å². The lowest BCUT2D eigenvalue weighted by atomic mass is 9.68. The molecule has 2 aromatic rings. The molecule has 6 rings (SSSR count). The number of hydrogen-bond donors (Lipinski definition) is 1. The van der Waals surface area contributed by atoms with E-state index in [1.165, 1.54) is 11.1 Å². The highest BCUT2D eigenvalue weighted by molar-refractivity contribution is 7.28. The van der Waals surface area contributed by atoms with E-state index in [4.69, 9.17) is 16.3 Å². The van der Waals surface area contributed by atoms with E-state index in [-0.39, 0.29) is 17.1 Å². The predicted octanol–water partition coefficient (Wildman–Crippen LogP) is 4.15. The fraction of sp³-hybridized carbons (Fsp3) is 0.481. The first-order valence-corrected chi connectivity index (χ1v) is 14.7. The largest absolute Gasteiger partial charge is 0.419 e. The van der Waals surface area contributed by atoms with Gasteiger partial charge in [0.05, 0.1) is 11.3 Å². The van der Waals surface area contributed by atoms with Crippen LogP contribution in [0.3, 0.4) is 0 Å². The number of aryl methyl sites for hydroxylation is 1. The van der Waals surface area contributed by atoms with Gasteiger partial charge >= 0.3 is 0 Å². The van der Waals surface area contributed by atoms with Gasteiger partial charge in [-0.1, -0.05) is 32.3 Å². The molecule has 0 saturated heterocycles. The second kappa shape index (κ2) is 10.2. The van der Waals surface area contributed by atoms with Crippen LogP contribution in [0.2, 0.25) is 5.28 Å². The number of allylic oxidation sites excluding steroid dienone is 1. The lowest BCUT2D eigenvalue weighted by molar-refractivity contribution is -0.118. The van der Waals surface area contributed by atoms with Crippen LogP contribution in [0.25, 0.3) is 5.57 Å². The van der Waals surface area contributed by atoms with Crippen LogP contribution < -0.4 is 15.4 Å². The van der Waals surface area contributed by atoms with Gasteiger partial charge in [0.25, 0.3) is 5.91 Å². The molecule has 5 unspecified atom stereocenters. The van der Waals surface area contributed by atoms with Crippen LogP contribution in [0.4, 0.5) is 4.39 Å². The first kappa shape index (κ1) is 26.3. The predicted molar refractivity (Wildman–Crippen MR) is 153 cm³/mol. The van der Waals surface area contributed by atoms with Crippen LogP contribution in [0.1, 0.15) is 49.1 Å². The third-order valence-electron chi connectivity index (χ3n) is 8.13. The Balaban J connectivity index is 1.40. The van der Waals surface area contributed by atoms with Crippen molar-refractivity contribution in [3.05, 3.63) is 50.6 Å². The summed E-state index contributed by atoms with van der Waals surface area (Å²) in [6, 6.07) is 0. The standard InChI is InChI=1S/C27H31ClFN5O2P2/c1-12-7-16-15(22-20(12)13(2)8-30-24(22)35)4-3-14-9-31-26(23(38)21(14)16)36-25-17-10-34(11-19(29)37)6-5-18(17)32-27(28)33-25/h9,12-13,19H,3-8,10-11,37-38H2,1-2H3,(H,30,35). The van der Waals surface area contributed by atoms with Gasteiger partial charge in [0.15, 0.2) is 0 Å². The summed E-state index contributed by atoms with van der Waals surface area (Å²) in [5.41, 5.74) is 8.44. The molecule has 0 bridgehead atoms. The molecule has 5 atom stereocenters. The van der Waals surface area contributed by atoms with E-state index in [1.807, 2.05) is 11.1 Å². The van der Waals surface area contributed by atoms with Crippen molar-refractivity contribution in [2.45, 2.75) is 52.0 Å². The minimum absolute atomic E-state index is 0.0456. The Kier molecular flexibility index (Phi) is 7.05. The Morgan fingerprint density at radius 2 is 2.03 bits per heavy atom. The van der Waals surface area contributed by atoms with Crippen molar-refractivity contribution in [2.75, 3.05) is 19.6 Å². The number of carbonyl (C=O) groups excluding carboxylic acids is 1. The lowest BCUT2D eigenvalue weighted by Gasteiger charge is -2.39. The average Bonchev–Trinajstić information content (AvgIpc) is 2.87. The number of nitrogens with one attached hydrogen (secondary N) is 1. The third kappa shape index (κ3) is 4.58. The first-order valence-electron chi connectivity index (χ1n) is 13.1. The van der Waals surface area contributed by atoms with Gasteiger partial charge in [-0.25, -0.2) is 14.4 Å². The highest BCUT2D eigenvalue weighted by Crippen LogP contribution is 2.48. The number of alkyl halides is 1. The maximum absolute atomic E-state index is 13.7. The van der Waals surface area contributed by atoms with Gasteiger partial charge in [-0.2, -0.15) is 4.98 Å². The molecule has 0 aromatic carbocycles. The minimum atomic E-state index is -1.01. The molecule has 1 N–H and O–H groups in total. The molecule has 2 aliphatic carbocycles. The van der Waals surface area contributed by atoms with Crippen LogP contribution in [0.15, 0.2) is 22.9 Å². The summed E-state index contributed by atoms with van der Waals surface area (Å²) in [4.78, 5) is 28.5. The van der Waals surface area contributed by atoms with E-state index >= 15 is 0 Å². The molecule has 0 spiro atoms. The van der Waals surface area contributed by atoms with Crippen molar-refractivity contribution < 1.29 is 13.9 Å². The third-order valence-corrected chi connectivity index (χ3v) is 9.04. The Bertz CT molecular complexity index is 1410. The van der Waals surface area contributed by atoms with Gasteiger partial charge in [0, 0.05) is 49.7 Å². The Labute approximate surface area is 231 Å².